The first-order valence-electron chi connectivity index (χ1n) is 4.21. The highest BCUT2D eigenvalue weighted by Crippen LogP contribution is 2.19. The molecule has 0 N–H and O–H groups in total. The number of carbonyl (C=O) groups excluding carboxylic acids is 1. The maximum atomic E-state index is 11.2. The average Bonchev–Trinajstić information content (AvgIpc) is 2.19. The monoisotopic (exact) mass is 246 g/mol. The molecule has 0 aliphatic carbocycles. The summed E-state index contributed by atoms with van der Waals surface area (Å²) in [6, 6.07) is 4.79. The minimum Gasteiger partial charge on any atom is -0.465 e. The van der Waals surface area contributed by atoms with Crippen LogP contribution in [0.4, 0.5) is 0 Å². The van der Waals surface area contributed by atoms with Gasteiger partial charge in [0.2, 0.25) is 0 Å². The number of hydrogen-bond acceptors (Lipinski definition) is 3. The van der Waals surface area contributed by atoms with Gasteiger partial charge in [0.05, 0.1) is 12.7 Å². The Balaban J connectivity index is 3.05. The fourth-order valence-corrected chi connectivity index (χ4v) is 2.09. The van der Waals surface area contributed by atoms with E-state index in [1.54, 1.807) is 24.5 Å². The molecule has 0 amide bonds. The predicted octanol–water partition coefficient (Wildman–Crippen LogP) is 2.01. The summed E-state index contributed by atoms with van der Waals surface area (Å²) in [7, 11) is 0.327. The van der Waals surface area contributed by atoms with Crippen LogP contribution in [0.15, 0.2) is 18.2 Å². The van der Waals surface area contributed by atoms with Crippen molar-refractivity contribution in [1.29, 1.82) is 0 Å². The van der Waals surface area contributed by atoms with Crippen LogP contribution in [0.1, 0.15) is 15.9 Å². The highest BCUT2D eigenvalue weighted by atomic mass is 35.5. The van der Waals surface area contributed by atoms with Crippen LogP contribution < -0.4 is 0 Å². The lowest BCUT2D eigenvalue weighted by Gasteiger charge is -2.04. The zero-order chi connectivity index (χ0) is 11.4. The molecule has 0 aliphatic heterocycles. The van der Waals surface area contributed by atoms with Gasteiger partial charge in [0, 0.05) is 27.8 Å². The molecule has 0 bridgehead atoms. The second-order valence-corrected chi connectivity index (χ2v) is 4.86. The molecule has 0 aromatic heterocycles. The molecule has 0 radical (unpaired) electrons. The van der Waals surface area contributed by atoms with Gasteiger partial charge in [0.1, 0.15) is 0 Å². The van der Waals surface area contributed by atoms with Gasteiger partial charge in [-0.25, -0.2) is 4.79 Å². The normalized spacial score (nSPS) is 12.2. The van der Waals surface area contributed by atoms with Crippen molar-refractivity contribution in [1.82, 2.24) is 0 Å². The van der Waals surface area contributed by atoms with Crippen LogP contribution in [0.25, 0.3) is 0 Å². The Labute approximate surface area is 95.8 Å². The minimum absolute atomic E-state index is 0.337. The highest BCUT2D eigenvalue weighted by Gasteiger charge is 2.09. The van der Waals surface area contributed by atoms with Gasteiger partial charge in [-0.2, -0.15) is 0 Å². The van der Waals surface area contributed by atoms with Crippen LogP contribution in [-0.4, -0.2) is 23.5 Å². The molecule has 1 rings (SSSR count). The lowest BCUT2D eigenvalue weighted by Crippen LogP contribution is -2.03. The molecule has 0 fully saturated rings. The molecule has 3 nitrogen and oxygen atoms in total. The predicted molar refractivity (Wildman–Crippen MR) is 60.6 cm³/mol. The van der Waals surface area contributed by atoms with Crippen LogP contribution >= 0.6 is 11.6 Å². The number of halogens is 1. The molecule has 0 saturated carbocycles. The standard InChI is InChI=1S/C10H11ClO3S/c1-14-10(12)7-3-4-9(11)8(5-7)6-15(2)13/h3-5H,6H2,1-2H3. The van der Waals surface area contributed by atoms with Gasteiger partial charge in [-0.05, 0) is 23.8 Å². The third-order valence-electron chi connectivity index (χ3n) is 1.83. The summed E-state index contributed by atoms with van der Waals surface area (Å²) < 4.78 is 15.6. The smallest absolute Gasteiger partial charge is 0.337 e. The Morgan fingerprint density at radius 2 is 2.20 bits per heavy atom. The van der Waals surface area contributed by atoms with E-state index in [9.17, 15) is 9.00 Å². The number of carbonyl (C=O) groups is 1. The van der Waals surface area contributed by atoms with Crippen LogP contribution in [0.5, 0.6) is 0 Å². The second kappa shape index (κ2) is 5.28. The molecule has 82 valence electrons. The van der Waals surface area contributed by atoms with Crippen molar-refractivity contribution in [3.63, 3.8) is 0 Å². The fraction of sp³-hybridized carbons (Fsp3) is 0.300. The van der Waals surface area contributed by atoms with Crippen LogP contribution in [0, 0.1) is 0 Å². The average molecular weight is 247 g/mol. The molecule has 1 aromatic rings. The van der Waals surface area contributed by atoms with Crippen molar-refractivity contribution in [2.45, 2.75) is 5.75 Å². The molecule has 5 heteroatoms. The van der Waals surface area contributed by atoms with Gasteiger partial charge in [0.25, 0.3) is 0 Å². The SMILES string of the molecule is COC(=O)c1ccc(Cl)c(CS(C)=O)c1. The summed E-state index contributed by atoms with van der Waals surface area (Å²) in [6.07, 6.45) is 1.58. The molecule has 0 saturated heterocycles. The number of hydrogen-bond donors (Lipinski definition) is 0. The van der Waals surface area contributed by atoms with E-state index in [1.807, 2.05) is 0 Å². The van der Waals surface area contributed by atoms with Gasteiger partial charge in [0.15, 0.2) is 0 Å². The molecular weight excluding hydrogens is 236 g/mol. The van der Waals surface area contributed by atoms with E-state index in [0.717, 1.165) is 0 Å². The first kappa shape index (κ1) is 12.2. The number of benzene rings is 1. The summed E-state index contributed by atoms with van der Waals surface area (Å²) in [6.45, 7) is 0. The van der Waals surface area contributed by atoms with Gasteiger partial charge >= 0.3 is 5.97 Å². The zero-order valence-corrected chi connectivity index (χ0v) is 10.0. The number of ether oxygens (including phenoxy) is 1. The summed E-state index contributed by atoms with van der Waals surface area (Å²) in [5.41, 5.74) is 1.11. The van der Waals surface area contributed by atoms with Gasteiger partial charge < -0.3 is 4.74 Å². The van der Waals surface area contributed by atoms with E-state index in [1.165, 1.54) is 7.11 Å². The number of esters is 1. The van der Waals surface area contributed by atoms with E-state index in [0.29, 0.717) is 21.9 Å². The van der Waals surface area contributed by atoms with Crippen molar-refractivity contribution in [3.8, 4) is 0 Å². The third-order valence-corrected chi connectivity index (χ3v) is 2.91. The maximum Gasteiger partial charge on any atom is 0.337 e. The van der Waals surface area contributed by atoms with E-state index >= 15 is 0 Å². The van der Waals surface area contributed by atoms with Gasteiger partial charge in [-0.3, -0.25) is 4.21 Å². The zero-order valence-electron chi connectivity index (χ0n) is 8.45. The van der Waals surface area contributed by atoms with Crippen molar-refractivity contribution in [2.24, 2.45) is 0 Å². The third kappa shape index (κ3) is 3.32. The van der Waals surface area contributed by atoms with E-state index in [4.69, 9.17) is 11.6 Å². The maximum absolute atomic E-state index is 11.2. The number of rotatable bonds is 3. The molecule has 1 unspecified atom stereocenters. The Bertz CT molecular complexity index is 404. The second-order valence-electron chi connectivity index (χ2n) is 3.02. The van der Waals surface area contributed by atoms with Crippen molar-refractivity contribution in [2.75, 3.05) is 13.4 Å². The Morgan fingerprint density at radius 3 is 2.73 bits per heavy atom. The van der Waals surface area contributed by atoms with Crippen molar-refractivity contribution in [3.05, 3.63) is 34.3 Å². The van der Waals surface area contributed by atoms with E-state index in [-0.39, 0.29) is 0 Å². The quantitative estimate of drug-likeness (QED) is 0.767. The molecule has 1 aromatic carbocycles. The van der Waals surface area contributed by atoms with Crippen LogP contribution in [0.3, 0.4) is 0 Å². The van der Waals surface area contributed by atoms with Crippen molar-refractivity contribution < 1.29 is 13.7 Å². The molecular formula is C10H11ClO3S. The Hall–Kier alpha value is -0.870. The van der Waals surface area contributed by atoms with Crippen LogP contribution in [-0.2, 0) is 21.3 Å². The molecule has 0 spiro atoms. The molecule has 0 heterocycles. The summed E-state index contributed by atoms with van der Waals surface area (Å²) >= 11 is 5.90. The number of methoxy groups -OCH3 is 1. The summed E-state index contributed by atoms with van der Waals surface area (Å²) in [5, 5.41) is 0.512. The van der Waals surface area contributed by atoms with Gasteiger partial charge in [-0.15, -0.1) is 0 Å². The minimum atomic E-state index is -0.987. The lowest BCUT2D eigenvalue weighted by atomic mass is 10.1. The van der Waals surface area contributed by atoms with E-state index < -0.39 is 16.8 Å². The molecule has 1 atom stereocenters. The molecule has 0 aliphatic rings. The van der Waals surface area contributed by atoms with E-state index in [2.05, 4.69) is 4.74 Å². The van der Waals surface area contributed by atoms with Crippen molar-refractivity contribution >= 4 is 28.4 Å². The fourth-order valence-electron chi connectivity index (χ4n) is 1.15. The largest absolute Gasteiger partial charge is 0.465 e. The topological polar surface area (TPSA) is 43.4 Å². The van der Waals surface area contributed by atoms with Gasteiger partial charge in [-0.1, -0.05) is 11.6 Å². The Kier molecular flexibility index (Phi) is 4.29. The first-order chi connectivity index (χ1) is 7.04. The van der Waals surface area contributed by atoms with Crippen LogP contribution in [0.2, 0.25) is 5.02 Å². The highest BCUT2D eigenvalue weighted by molar-refractivity contribution is 7.83. The molecule has 15 heavy (non-hydrogen) atoms. The first-order valence-corrected chi connectivity index (χ1v) is 6.32. The Morgan fingerprint density at radius 1 is 1.53 bits per heavy atom. The lowest BCUT2D eigenvalue weighted by molar-refractivity contribution is 0.0600. The summed E-state index contributed by atoms with van der Waals surface area (Å²) in [5.74, 6) is -0.0845. The summed E-state index contributed by atoms with van der Waals surface area (Å²) in [4.78, 5) is 11.2.